The second-order valence-corrected chi connectivity index (χ2v) is 11.3. The zero-order valence-electron chi connectivity index (χ0n) is 22.5. The molecular weight excluding hydrogens is 658 g/mol. The first-order valence-electron chi connectivity index (χ1n) is 12.8. The van der Waals surface area contributed by atoms with Gasteiger partial charge in [0, 0.05) is 0 Å². The topological polar surface area (TPSA) is 79.1 Å². The lowest BCUT2D eigenvalue weighted by Crippen LogP contribution is -2.40. The quantitative estimate of drug-likeness (QED) is 0.190. The number of carbonyl (C=O) groups is 1. The first kappa shape index (κ1) is 28.7. The van der Waals surface area contributed by atoms with E-state index in [1.165, 1.54) is 30.6 Å². The second-order valence-electron chi connectivity index (χ2n) is 9.15. The summed E-state index contributed by atoms with van der Waals surface area (Å²) in [6.45, 7) is 2.17. The van der Waals surface area contributed by atoms with E-state index in [9.17, 15) is 14.0 Å². The number of fused-ring (bicyclic) bond motifs is 1. The van der Waals surface area contributed by atoms with Crippen LogP contribution in [0.1, 0.15) is 36.1 Å². The van der Waals surface area contributed by atoms with Crippen molar-refractivity contribution < 1.29 is 23.4 Å². The zero-order valence-corrected chi connectivity index (χ0v) is 25.5. The van der Waals surface area contributed by atoms with Crippen LogP contribution in [0.15, 0.2) is 87.8 Å². The Morgan fingerprint density at radius 2 is 1.85 bits per heavy atom. The Hall–Kier alpha value is -3.77. The fourth-order valence-electron chi connectivity index (χ4n) is 4.67. The summed E-state index contributed by atoms with van der Waals surface area (Å²) in [7, 11) is 2.88. The van der Waals surface area contributed by atoms with E-state index in [4.69, 9.17) is 19.2 Å². The third kappa shape index (κ3) is 5.84. The van der Waals surface area contributed by atoms with Gasteiger partial charge in [0.15, 0.2) is 16.3 Å². The van der Waals surface area contributed by atoms with Crippen molar-refractivity contribution in [1.82, 2.24) is 4.57 Å². The molecule has 4 aromatic rings. The number of ether oxygens (including phenoxy) is 3. The van der Waals surface area contributed by atoms with Gasteiger partial charge in [-0.3, -0.25) is 9.36 Å². The number of allylic oxidation sites excluding steroid dienone is 1. The lowest BCUT2D eigenvalue weighted by atomic mass is 9.95. The standard InChI is InChI=1S/C31H26FIN2O5S/c1-4-23-26(30(37)39-3)27(20-8-6-5-7-9-20)35-29(36)25(41-31(35)34-23)16-19-14-22(33)28(24(15-19)38-2)40-17-18-10-12-21(32)13-11-18/h5-16,27H,4,17H2,1-3H3/b25-16-/t27-/m1/s1. The Labute approximate surface area is 253 Å². The number of carbonyl (C=O) groups excluding carboxylic acids is 1. The monoisotopic (exact) mass is 684 g/mol. The molecule has 0 spiro atoms. The van der Waals surface area contributed by atoms with Crippen molar-refractivity contribution in [3.63, 3.8) is 0 Å². The highest BCUT2D eigenvalue weighted by Gasteiger charge is 2.33. The average molecular weight is 685 g/mol. The van der Waals surface area contributed by atoms with Crippen molar-refractivity contribution in [3.05, 3.63) is 124 Å². The van der Waals surface area contributed by atoms with Gasteiger partial charge < -0.3 is 14.2 Å². The maximum absolute atomic E-state index is 13.9. The van der Waals surface area contributed by atoms with Crippen LogP contribution in [0, 0.1) is 9.39 Å². The molecule has 1 atom stereocenters. The van der Waals surface area contributed by atoms with E-state index in [1.54, 1.807) is 36.0 Å². The fourth-order valence-corrected chi connectivity index (χ4v) is 6.47. The predicted octanol–water partition coefficient (Wildman–Crippen LogP) is 5.13. The molecule has 0 radical (unpaired) electrons. The summed E-state index contributed by atoms with van der Waals surface area (Å²) in [6, 6.07) is 18.6. The molecule has 210 valence electrons. The van der Waals surface area contributed by atoms with Crippen LogP contribution in [0.3, 0.4) is 0 Å². The van der Waals surface area contributed by atoms with Crippen LogP contribution in [-0.2, 0) is 16.1 Å². The number of rotatable bonds is 8. The Morgan fingerprint density at radius 3 is 2.51 bits per heavy atom. The third-order valence-corrected chi connectivity index (χ3v) is 8.40. The number of hydrogen-bond acceptors (Lipinski definition) is 7. The smallest absolute Gasteiger partial charge is 0.338 e. The first-order chi connectivity index (χ1) is 19.8. The molecule has 3 aromatic carbocycles. The van der Waals surface area contributed by atoms with Gasteiger partial charge in [-0.15, -0.1) is 0 Å². The van der Waals surface area contributed by atoms with E-state index in [2.05, 4.69) is 22.6 Å². The number of hydrogen-bond donors (Lipinski definition) is 0. The minimum absolute atomic E-state index is 0.242. The van der Waals surface area contributed by atoms with Gasteiger partial charge in [0.25, 0.3) is 5.56 Å². The summed E-state index contributed by atoms with van der Waals surface area (Å²) in [5.74, 6) is 0.235. The summed E-state index contributed by atoms with van der Waals surface area (Å²) in [5, 5.41) is 0. The first-order valence-corrected chi connectivity index (χ1v) is 14.7. The Morgan fingerprint density at radius 1 is 1.12 bits per heavy atom. The summed E-state index contributed by atoms with van der Waals surface area (Å²) < 4.78 is 32.8. The molecule has 7 nitrogen and oxygen atoms in total. The molecule has 0 saturated carbocycles. The molecule has 0 N–H and O–H groups in total. The van der Waals surface area contributed by atoms with Crippen molar-refractivity contribution in [1.29, 1.82) is 0 Å². The van der Waals surface area contributed by atoms with Gasteiger partial charge in [0.2, 0.25) is 0 Å². The molecule has 1 aromatic heterocycles. The molecule has 0 aliphatic carbocycles. The maximum Gasteiger partial charge on any atom is 0.338 e. The summed E-state index contributed by atoms with van der Waals surface area (Å²) >= 11 is 3.43. The second kappa shape index (κ2) is 12.4. The minimum atomic E-state index is -0.658. The van der Waals surface area contributed by atoms with Gasteiger partial charge in [-0.1, -0.05) is 60.7 Å². The van der Waals surface area contributed by atoms with E-state index in [1.807, 2.05) is 43.3 Å². The van der Waals surface area contributed by atoms with Crippen LogP contribution < -0.4 is 24.4 Å². The van der Waals surface area contributed by atoms with E-state index in [0.29, 0.717) is 38.5 Å². The van der Waals surface area contributed by atoms with E-state index >= 15 is 0 Å². The fraction of sp³-hybridized carbons (Fsp3) is 0.194. The van der Waals surface area contributed by atoms with Crippen LogP contribution in [0.2, 0.25) is 0 Å². The molecule has 1 aliphatic heterocycles. The summed E-state index contributed by atoms with van der Waals surface area (Å²) in [6.07, 6.45) is 2.29. The number of halogens is 2. The minimum Gasteiger partial charge on any atom is -0.493 e. The lowest BCUT2D eigenvalue weighted by Gasteiger charge is -2.25. The number of nitrogens with zero attached hydrogens (tertiary/aromatic N) is 2. The van der Waals surface area contributed by atoms with Gasteiger partial charge in [-0.05, 0) is 76.0 Å². The molecule has 2 heterocycles. The lowest BCUT2D eigenvalue weighted by molar-refractivity contribution is -0.136. The van der Waals surface area contributed by atoms with Gasteiger partial charge in [-0.2, -0.15) is 0 Å². The highest BCUT2D eigenvalue weighted by Crippen LogP contribution is 2.35. The number of thiazole rings is 1. The maximum atomic E-state index is 13.9. The van der Waals surface area contributed by atoms with Crippen LogP contribution in [0.25, 0.3) is 6.08 Å². The van der Waals surface area contributed by atoms with Crippen molar-refractivity contribution in [2.24, 2.45) is 4.99 Å². The number of esters is 1. The number of aromatic nitrogens is 1. The summed E-state index contributed by atoms with van der Waals surface area (Å²) in [5.41, 5.74) is 3.05. The predicted molar refractivity (Wildman–Crippen MR) is 163 cm³/mol. The number of methoxy groups -OCH3 is 2. The van der Waals surface area contributed by atoms with Gasteiger partial charge in [-0.25, -0.2) is 14.2 Å². The van der Waals surface area contributed by atoms with E-state index < -0.39 is 12.0 Å². The average Bonchev–Trinajstić information content (AvgIpc) is 3.30. The third-order valence-electron chi connectivity index (χ3n) is 6.61. The van der Waals surface area contributed by atoms with Crippen LogP contribution in [0.5, 0.6) is 11.5 Å². The van der Waals surface area contributed by atoms with Crippen molar-refractivity contribution in [2.75, 3.05) is 14.2 Å². The van der Waals surface area contributed by atoms with Crippen LogP contribution >= 0.6 is 33.9 Å². The van der Waals surface area contributed by atoms with Gasteiger partial charge in [0.05, 0.1) is 39.6 Å². The highest BCUT2D eigenvalue weighted by atomic mass is 127. The van der Waals surface area contributed by atoms with Gasteiger partial charge in [0.1, 0.15) is 12.4 Å². The largest absolute Gasteiger partial charge is 0.493 e. The molecule has 0 unspecified atom stereocenters. The summed E-state index contributed by atoms with van der Waals surface area (Å²) in [4.78, 5) is 32.0. The SMILES string of the molecule is CCC1=C(C(=O)OC)[C@@H](c2ccccc2)n2c(s/c(=C\c3cc(I)c(OCc4ccc(F)cc4)c(OC)c3)c2=O)=N1. The van der Waals surface area contributed by atoms with Gasteiger partial charge >= 0.3 is 5.97 Å². The molecular formula is C31H26FIN2O5S. The molecule has 10 heteroatoms. The van der Waals surface area contributed by atoms with Crippen molar-refractivity contribution in [2.45, 2.75) is 26.0 Å². The zero-order chi connectivity index (χ0) is 29.1. The van der Waals surface area contributed by atoms with Crippen LogP contribution in [0.4, 0.5) is 4.39 Å². The molecule has 0 fully saturated rings. The number of benzene rings is 3. The van der Waals surface area contributed by atoms with Crippen molar-refractivity contribution in [3.8, 4) is 11.5 Å². The Balaban J connectivity index is 1.58. The molecule has 0 bridgehead atoms. The molecule has 5 rings (SSSR count). The van der Waals surface area contributed by atoms with E-state index in [-0.39, 0.29) is 18.0 Å². The Bertz CT molecular complexity index is 1810. The molecule has 0 saturated heterocycles. The molecule has 41 heavy (non-hydrogen) atoms. The van der Waals surface area contributed by atoms with Crippen molar-refractivity contribution >= 4 is 46.0 Å². The highest BCUT2D eigenvalue weighted by molar-refractivity contribution is 14.1. The van der Waals surface area contributed by atoms with E-state index in [0.717, 1.165) is 20.3 Å². The van der Waals surface area contributed by atoms with Crippen LogP contribution in [-0.4, -0.2) is 24.8 Å². The molecule has 0 amide bonds. The Kier molecular flexibility index (Phi) is 8.69. The molecule has 1 aliphatic rings. The normalized spacial score (nSPS) is 14.9.